The van der Waals surface area contributed by atoms with E-state index in [2.05, 4.69) is 22.3 Å². The minimum Gasteiger partial charge on any atom is -0.356 e. The Bertz CT molecular complexity index is 398. The van der Waals surface area contributed by atoms with Crippen LogP contribution in [-0.2, 0) is 14.8 Å². The first-order valence-corrected chi connectivity index (χ1v) is 9.22. The van der Waals surface area contributed by atoms with Gasteiger partial charge in [0.1, 0.15) is 0 Å². The lowest BCUT2D eigenvalue weighted by molar-refractivity contribution is -0.132. The Morgan fingerprint density at radius 3 is 2.65 bits per heavy atom. The van der Waals surface area contributed by atoms with Gasteiger partial charge in [0.25, 0.3) is 0 Å². The Kier molecular flexibility index (Phi) is 6.91. The number of sulfonamides is 1. The maximum absolute atomic E-state index is 12.4. The third-order valence-electron chi connectivity index (χ3n) is 3.69. The highest BCUT2D eigenvalue weighted by atomic mass is 32.2. The molecule has 1 amide bonds. The van der Waals surface area contributed by atoms with Gasteiger partial charge in [0.15, 0.2) is 0 Å². The molecule has 1 aliphatic rings. The van der Waals surface area contributed by atoms with E-state index in [0.29, 0.717) is 19.5 Å². The van der Waals surface area contributed by atoms with Gasteiger partial charge in [-0.2, -0.15) is 0 Å². The maximum Gasteiger partial charge on any atom is 0.227 e. The van der Waals surface area contributed by atoms with Crippen molar-refractivity contribution in [2.75, 3.05) is 32.4 Å². The molecule has 0 aliphatic carbocycles. The van der Waals surface area contributed by atoms with Crippen LogP contribution in [0.3, 0.4) is 0 Å². The molecule has 20 heavy (non-hydrogen) atoms. The lowest BCUT2D eigenvalue weighted by atomic mass is 9.76. The highest BCUT2D eigenvalue weighted by Crippen LogP contribution is 2.31. The van der Waals surface area contributed by atoms with E-state index in [1.807, 2.05) is 0 Å². The largest absolute Gasteiger partial charge is 0.356 e. The monoisotopic (exact) mass is 305 g/mol. The molecule has 118 valence electrons. The smallest absolute Gasteiger partial charge is 0.227 e. The van der Waals surface area contributed by atoms with Crippen LogP contribution in [-0.4, -0.2) is 46.8 Å². The van der Waals surface area contributed by atoms with Gasteiger partial charge in [0.2, 0.25) is 15.9 Å². The van der Waals surface area contributed by atoms with Gasteiger partial charge in [-0.3, -0.25) is 4.79 Å². The first kappa shape index (κ1) is 17.4. The van der Waals surface area contributed by atoms with Crippen LogP contribution in [0.2, 0.25) is 0 Å². The SMILES string of the molecule is CCCC1(C(=O)NCCCNS(C)(=O)=O)CCCNC1. The quantitative estimate of drug-likeness (QED) is 0.560. The summed E-state index contributed by atoms with van der Waals surface area (Å²) in [6.45, 7) is 4.69. The molecule has 0 saturated carbocycles. The average Bonchev–Trinajstić information content (AvgIpc) is 2.38. The molecule has 1 atom stereocenters. The molecule has 0 aromatic heterocycles. The minimum atomic E-state index is -3.14. The van der Waals surface area contributed by atoms with E-state index in [1.54, 1.807) is 0 Å². The summed E-state index contributed by atoms with van der Waals surface area (Å²) in [5.74, 6) is 0.103. The van der Waals surface area contributed by atoms with Crippen molar-refractivity contribution in [3.63, 3.8) is 0 Å². The van der Waals surface area contributed by atoms with E-state index < -0.39 is 10.0 Å². The first-order valence-electron chi connectivity index (χ1n) is 7.33. The summed E-state index contributed by atoms with van der Waals surface area (Å²) in [6, 6.07) is 0. The second-order valence-corrected chi connectivity index (χ2v) is 7.42. The first-order chi connectivity index (χ1) is 9.40. The van der Waals surface area contributed by atoms with Crippen molar-refractivity contribution in [1.82, 2.24) is 15.4 Å². The molecule has 3 N–H and O–H groups in total. The van der Waals surface area contributed by atoms with Gasteiger partial charge in [-0.1, -0.05) is 13.3 Å². The average molecular weight is 305 g/mol. The number of hydrogen-bond donors (Lipinski definition) is 3. The Morgan fingerprint density at radius 2 is 2.10 bits per heavy atom. The van der Waals surface area contributed by atoms with Crippen LogP contribution in [0, 0.1) is 5.41 Å². The summed E-state index contributed by atoms with van der Waals surface area (Å²) in [5.41, 5.74) is -0.280. The molecule has 0 bridgehead atoms. The summed E-state index contributed by atoms with van der Waals surface area (Å²) in [5, 5.41) is 6.26. The second kappa shape index (κ2) is 7.95. The normalized spacial score (nSPS) is 23.5. The zero-order valence-electron chi connectivity index (χ0n) is 12.5. The Balaban J connectivity index is 2.35. The predicted molar refractivity (Wildman–Crippen MR) is 79.9 cm³/mol. The van der Waals surface area contributed by atoms with Crippen LogP contribution >= 0.6 is 0 Å². The molecule has 1 aliphatic heterocycles. The van der Waals surface area contributed by atoms with Crippen molar-refractivity contribution in [3.8, 4) is 0 Å². The number of piperidine rings is 1. The lowest BCUT2D eigenvalue weighted by Crippen LogP contribution is -2.50. The van der Waals surface area contributed by atoms with Gasteiger partial charge in [0, 0.05) is 19.6 Å². The van der Waals surface area contributed by atoms with Gasteiger partial charge >= 0.3 is 0 Å². The Hall–Kier alpha value is -0.660. The van der Waals surface area contributed by atoms with Gasteiger partial charge in [-0.15, -0.1) is 0 Å². The fraction of sp³-hybridized carbons (Fsp3) is 0.923. The highest BCUT2D eigenvalue weighted by Gasteiger charge is 2.38. The molecular formula is C13H27N3O3S. The molecule has 0 radical (unpaired) electrons. The molecular weight excluding hydrogens is 278 g/mol. The van der Waals surface area contributed by atoms with E-state index in [-0.39, 0.29) is 11.3 Å². The number of rotatable bonds is 8. The van der Waals surface area contributed by atoms with Gasteiger partial charge < -0.3 is 10.6 Å². The van der Waals surface area contributed by atoms with Crippen LogP contribution in [0.25, 0.3) is 0 Å². The molecule has 1 fully saturated rings. The minimum absolute atomic E-state index is 0.103. The van der Waals surface area contributed by atoms with Crippen molar-refractivity contribution in [2.24, 2.45) is 5.41 Å². The van der Waals surface area contributed by atoms with Crippen molar-refractivity contribution < 1.29 is 13.2 Å². The number of hydrogen-bond acceptors (Lipinski definition) is 4. The third-order valence-corrected chi connectivity index (χ3v) is 4.41. The molecule has 1 rings (SSSR count). The van der Waals surface area contributed by atoms with Crippen LogP contribution in [0.1, 0.15) is 39.0 Å². The zero-order chi connectivity index (χ0) is 15.1. The van der Waals surface area contributed by atoms with Crippen molar-refractivity contribution in [1.29, 1.82) is 0 Å². The van der Waals surface area contributed by atoms with Crippen LogP contribution < -0.4 is 15.4 Å². The van der Waals surface area contributed by atoms with Gasteiger partial charge in [-0.25, -0.2) is 13.1 Å². The standard InChI is InChI=1S/C13H27N3O3S/c1-3-6-13(7-4-8-14-11-13)12(17)15-9-5-10-16-20(2,18)19/h14,16H,3-11H2,1-2H3,(H,15,17). The van der Waals surface area contributed by atoms with E-state index in [9.17, 15) is 13.2 Å². The van der Waals surface area contributed by atoms with Crippen LogP contribution in [0.15, 0.2) is 0 Å². The molecule has 0 aromatic rings. The molecule has 0 spiro atoms. The second-order valence-electron chi connectivity index (χ2n) is 5.59. The fourth-order valence-electron chi connectivity index (χ4n) is 2.70. The van der Waals surface area contributed by atoms with Crippen LogP contribution in [0.4, 0.5) is 0 Å². The van der Waals surface area contributed by atoms with Crippen molar-refractivity contribution >= 4 is 15.9 Å². The number of nitrogens with one attached hydrogen (secondary N) is 3. The predicted octanol–water partition coefficient (Wildman–Crippen LogP) is 0.212. The van der Waals surface area contributed by atoms with Crippen molar-refractivity contribution in [3.05, 3.63) is 0 Å². The van der Waals surface area contributed by atoms with E-state index in [4.69, 9.17) is 0 Å². The van der Waals surface area contributed by atoms with Gasteiger partial charge in [0.05, 0.1) is 11.7 Å². The highest BCUT2D eigenvalue weighted by molar-refractivity contribution is 7.88. The molecule has 1 heterocycles. The summed E-state index contributed by atoms with van der Waals surface area (Å²) in [7, 11) is -3.14. The van der Waals surface area contributed by atoms with Crippen molar-refractivity contribution in [2.45, 2.75) is 39.0 Å². The number of amides is 1. The number of carbonyl (C=O) groups is 1. The summed E-state index contributed by atoms with van der Waals surface area (Å²) in [6.07, 6.45) is 5.59. The van der Waals surface area contributed by atoms with E-state index >= 15 is 0 Å². The molecule has 7 heteroatoms. The lowest BCUT2D eigenvalue weighted by Gasteiger charge is -2.36. The summed E-state index contributed by atoms with van der Waals surface area (Å²) < 4.78 is 24.2. The van der Waals surface area contributed by atoms with Crippen LogP contribution in [0.5, 0.6) is 0 Å². The number of carbonyl (C=O) groups excluding carboxylic acids is 1. The third kappa shape index (κ3) is 5.76. The molecule has 0 aromatic carbocycles. The Labute approximate surface area is 122 Å². The summed E-state index contributed by atoms with van der Waals surface area (Å²) >= 11 is 0. The Morgan fingerprint density at radius 1 is 1.35 bits per heavy atom. The summed E-state index contributed by atoms with van der Waals surface area (Å²) in [4.78, 5) is 12.4. The topological polar surface area (TPSA) is 87.3 Å². The maximum atomic E-state index is 12.4. The zero-order valence-corrected chi connectivity index (χ0v) is 13.3. The van der Waals surface area contributed by atoms with E-state index in [1.165, 1.54) is 0 Å². The molecule has 1 unspecified atom stereocenters. The van der Waals surface area contributed by atoms with E-state index in [0.717, 1.165) is 45.0 Å². The fourth-order valence-corrected chi connectivity index (χ4v) is 3.22. The van der Waals surface area contributed by atoms with Gasteiger partial charge in [-0.05, 0) is 32.2 Å². The molecule has 1 saturated heterocycles. The molecule has 6 nitrogen and oxygen atoms in total.